The number of carbonyl (C=O) groups is 2. The second-order valence-electron chi connectivity index (χ2n) is 6.27. The van der Waals surface area contributed by atoms with Gasteiger partial charge in [-0.2, -0.15) is 0 Å². The van der Waals surface area contributed by atoms with Crippen molar-refractivity contribution in [3.63, 3.8) is 0 Å². The van der Waals surface area contributed by atoms with Crippen LogP contribution in [-0.4, -0.2) is 33.3 Å². The van der Waals surface area contributed by atoms with E-state index in [9.17, 15) is 14.0 Å². The summed E-state index contributed by atoms with van der Waals surface area (Å²) < 4.78 is 19.2. The molecular weight excluding hydrogens is 343 g/mol. The Morgan fingerprint density at radius 1 is 1.40 bits per heavy atom. The molecule has 0 radical (unpaired) electrons. The normalized spacial score (nSPS) is 23.0. The van der Waals surface area contributed by atoms with Crippen LogP contribution in [0.15, 0.2) is 40.5 Å². The molecule has 1 aromatic carbocycles. The Labute approximate surface area is 149 Å². The van der Waals surface area contributed by atoms with Gasteiger partial charge in [0.05, 0.1) is 28.7 Å². The highest BCUT2D eigenvalue weighted by Crippen LogP contribution is 2.43. The fourth-order valence-corrected chi connectivity index (χ4v) is 3.96. The van der Waals surface area contributed by atoms with Crippen LogP contribution in [0.3, 0.4) is 0 Å². The number of esters is 1. The van der Waals surface area contributed by atoms with Crippen molar-refractivity contribution in [1.82, 2.24) is 4.90 Å². The molecule has 1 fully saturated rings. The summed E-state index contributed by atoms with van der Waals surface area (Å²) in [5, 5.41) is 0.230. The standard InChI is InChI=1S/C18H19FN2O3S/c1-9(2)24-17(23)14-10(3)20-18-21(16(22)11(4)25-18)15(14)12-6-5-7-13(19)8-12/h5-9,11,15H,1-4H3/t11-,15+/m0/s1. The van der Waals surface area contributed by atoms with Gasteiger partial charge < -0.3 is 4.74 Å². The Kier molecular flexibility index (Phi) is 4.69. The molecule has 0 aromatic heterocycles. The smallest absolute Gasteiger partial charge is 0.338 e. The molecule has 2 aliphatic heterocycles. The summed E-state index contributed by atoms with van der Waals surface area (Å²) in [6, 6.07) is 5.19. The molecule has 3 rings (SSSR count). The molecule has 25 heavy (non-hydrogen) atoms. The van der Waals surface area contributed by atoms with Crippen molar-refractivity contribution in [2.45, 2.75) is 45.1 Å². The number of rotatable bonds is 3. The molecular formula is C18H19FN2O3S. The summed E-state index contributed by atoms with van der Waals surface area (Å²) in [4.78, 5) is 31.2. The molecule has 0 spiro atoms. The monoisotopic (exact) mass is 362 g/mol. The lowest BCUT2D eigenvalue weighted by Gasteiger charge is -2.33. The molecule has 0 aliphatic carbocycles. The Hall–Kier alpha value is -2.15. The van der Waals surface area contributed by atoms with Gasteiger partial charge in [-0.3, -0.25) is 9.69 Å². The van der Waals surface area contributed by atoms with Crippen molar-refractivity contribution in [1.29, 1.82) is 0 Å². The molecule has 1 saturated heterocycles. The van der Waals surface area contributed by atoms with E-state index >= 15 is 0 Å². The van der Waals surface area contributed by atoms with Gasteiger partial charge in [0.1, 0.15) is 5.82 Å². The van der Waals surface area contributed by atoms with Gasteiger partial charge in [0.25, 0.3) is 0 Å². The number of thioether (sulfide) groups is 1. The Balaban J connectivity index is 2.14. The number of benzene rings is 1. The number of halogens is 1. The van der Waals surface area contributed by atoms with Crippen LogP contribution >= 0.6 is 11.8 Å². The molecule has 1 aromatic rings. The predicted octanol–water partition coefficient (Wildman–Crippen LogP) is 3.43. The molecule has 0 bridgehead atoms. The predicted molar refractivity (Wildman–Crippen MR) is 94.4 cm³/mol. The average Bonchev–Trinajstić information content (AvgIpc) is 2.79. The van der Waals surface area contributed by atoms with Gasteiger partial charge in [0, 0.05) is 0 Å². The van der Waals surface area contributed by atoms with Gasteiger partial charge >= 0.3 is 5.97 Å². The maximum absolute atomic E-state index is 13.8. The zero-order valence-corrected chi connectivity index (χ0v) is 15.3. The minimum Gasteiger partial charge on any atom is -0.459 e. The third kappa shape index (κ3) is 3.20. The summed E-state index contributed by atoms with van der Waals surface area (Å²) in [6.45, 7) is 7.00. The van der Waals surface area contributed by atoms with Crippen molar-refractivity contribution >= 4 is 28.8 Å². The molecule has 0 saturated carbocycles. The Morgan fingerprint density at radius 2 is 2.12 bits per heavy atom. The summed E-state index contributed by atoms with van der Waals surface area (Å²) in [6.07, 6.45) is -0.311. The highest BCUT2D eigenvalue weighted by atomic mass is 32.2. The quantitative estimate of drug-likeness (QED) is 0.773. The molecule has 1 amide bonds. The van der Waals surface area contributed by atoms with Crippen LogP contribution in [0.4, 0.5) is 4.39 Å². The SMILES string of the molecule is CC1=C(C(=O)OC(C)C)[C@@H](c2cccc(F)c2)N2C(=O)[C@H](C)SC2=N1. The lowest BCUT2D eigenvalue weighted by molar-refractivity contribution is -0.143. The minimum atomic E-state index is -0.737. The number of nitrogens with zero attached hydrogens (tertiary/aromatic N) is 2. The Morgan fingerprint density at radius 3 is 2.76 bits per heavy atom. The largest absolute Gasteiger partial charge is 0.459 e. The molecule has 7 heteroatoms. The first-order valence-electron chi connectivity index (χ1n) is 8.05. The summed E-state index contributed by atoms with van der Waals surface area (Å²) >= 11 is 1.34. The van der Waals surface area contributed by atoms with Gasteiger partial charge in [0.15, 0.2) is 5.17 Å². The number of hydrogen-bond acceptors (Lipinski definition) is 5. The van der Waals surface area contributed by atoms with E-state index in [-0.39, 0.29) is 22.8 Å². The van der Waals surface area contributed by atoms with E-state index < -0.39 is 17.8 Å². The first-order valence-corrected chi connectivity index (χ1v) is 8.93. The number of aliphatic imine (C=N–C) groups is 1. The van der Waals surface area contributed by atoms with Gasteiger partial charge in [0.2, 0.25) is 5.91 Å². The van der Waals surface area contributed by atoms with Crippen LogP contribution in [0.5, 0.6) is 0 Å². The summed E-state index contributed by atoms with van der Waals surface area (Å²) in [5.74, 6) is -1.12. The average molecular weight is 362 g/mol. The molecule has 0 unspecified atom stereocenters. The fourth-order valence-electron chi connectivity index (χ4n) is 2.93. The number of ether oxygens (including phenoxy) is 1. The molecule has 2 heterocycles. The van der Waals surface area contributed by atoms with Gasteiger partial charge in [-0.15, -0.1) is 0 Å². The second kappa shape index (κ2) is 6.63. The van der Waals surface area contributed by atoms with Crippen LogP contribution < -0.4 is 0 Å². The van der Waals surface area contributed by atoms with Crippen LogP contribution in [0.2, 0.25) is 0 Å². The fraction of sp³-hybridized carbons (Fsp3) is 0.389. The van der Waals surface area contributed by atoms with Gasteiger partial charge in [-0.25, -0.2) is 14.2 Å². The van der Waals surface area contributed by atoms with Crippen molar-refractivity contribution in [2.75, 3.05) is 0 Å². The van der Waals surface area contributed by atoms with Crippen molar-refractivity contribution in [2.24, 2.45) is 4.99 Å². The van der Waals surface area contributed by atoms with E-state index in [4.69, 9.17) is 4.74 Å². The van der Waals surface area contributed by atoms with Crippen molar-refractivity contribution < 1.29 is 18.7 Å². The lowest BCUT2D eigenvalue weighted by atomic mass is 9.94. The summed E-state index contributed by atoms with van der Waals surface area (Å²) in [7, 11) is 0. The first-order chi connectivity index (χ1) is 11.8. The van der Waals surface area contributed by atoms with Gasteiger partial charge in [-0.1, -0.05) is 23.9 Å². The van der Waals surface area contributed by atoms with E-state index in [0.717, 1.165) is 0 Å². The second-order valence-corrected chi connectivity index (χ2v) is 7.58. The van der Waals surface area contributed by atoms with Crippen LogP contribution in [0, 0.1) is 5.82 Å². The van der Waals surface area contributed by atoms with E-state index in [0.29, 0.717) is 16.4 Å². The minimum absolute atomic E-state index is 0.152. The molecule has 2 aliphatic rings. The molecule has 132 valence electrons. The zero-order valence-electron chi connectivity index (χ0n) is 14.4. The number of fused-ring (bicyclic) bond motifs is 1. The topological polar surface area (TPSA) is 59.0 Å². The number of hydrogen-bond donors (Lipinski definition) is 0. The van der Waals surface area contributed by atoms with Crippen LogP contribution in [0.25, 0.3) is 0 Å². The third-order valence-electron chi connectivity index (χ3n) is 3.99. The Bertz CT molecular complexity index is 803. The first kappa shape index (κ1) is 17.7. The maximum Gasteiger partial charge on any atom is 0.338 e. The zero-order chi connectivity index (χ0) is 18.3. The van der Waals surface area contributed by atoms with E-state index in [1.807, 2.05) is 0 Å². The number of amidine groups is 1. The number of carbonyl (C=O) groups excluding carboxylic acids is 2. The lowest BCUT2D eigenvalue weighted by Crippen LogP contribution is -2.40. The molecule has 0 N–H and O–H groups in total. The maximum atomic E-state index is 13.8. The van der Waals surface area contributed by atoms with E-state index in [1.165, 1.54) is 28.8 Å². The summed E-state index contributed by atoms with van der Waals surface area (Å²) in [5.41, 5.74) is 1.28. The van der Waals surface area contributed by atoms with Crippen molar-refractivity contribution in [3.05, 3.63) is 46.9 Å². The van der Waals surface area contributed by atoms with Crippen LogP contribution in [-0.2, 0) is 14.3 Å². The van der Waals surface area contributed by atoms with Crippen molar-refractivity contribution in [3.8, 4) is 0 Å². The molecule has 2 atom stereocenters. The number of amides is 1. The van der Waals surface area contributed by atoms with E-state index in [2.05, 4.69) is 4.99 Å². The molecule has 5 nitrogen and oxygen atoms in total. The van der Waals surface area contributed by atoms with Crippen LogP contribution in [0.1, 0.15) is 39.3 Å². The highest BCUT2D eigenvalue weighted by Gasteiger charge is 2.46. The third-order valence-corrected chi connectivity index (χ3v) is 5.04. The number of allylic oxidation sites excluding steroid dienone is 1. The van der Waals surface area contributed by atoms with Gasteiger partial charge in [-0.05, 0) is 45.4 Å². The highest BCUT2D eigenvalue weighted by molar-refractivity contribution is 8.15. The van der Waals surface area contributed by atoms with E-state index in [1.54, 1.807) is 39.8 Å².